The van der Waals surface area contributed by atoms with E-state index in [2.05, 4.69) is 5.32 Å². The van der Waals surface area contributed by atoms with Crippen LogP contribution in [0.1, 0.15) is 19.3 Å². The number of nitrogens with two attached hydrogens (primary N) is 2. The molecule has 12 heteroatoms. The molecular weight excluding hydrogens is 328 g/mol. The molecular formula is C12H20N4O8. The van der Waals surface area contributed by atoms with E-state index in [1.807, 2.05) is 5.32 Å². The first-order chi connectivity index (χ1) is 11.1. The molecule has 3 atom stereocenters. The Kier molecular flexibility index (Phi) is 8.97. The number of carboxylic acid groups (broad SMARTS) is 2. The van der Waals surface area contributed by atoms with E-state index in [9.17, 15) is 24.0 Å². The van der Waals surface area contributed by atoms with Crippen molar-refractivity contribution in [3.8, 4) is 0 Å². The third-order valence-electron chi connectivity index (χ3n) is 2.83. The summed E-state index contributed by atoms with van der Waals surface area (Å²) >= 11 is 0. The van der Waals surface area contributed by atoms with Crippen molar-refractivity contribution in [2.24, 2.45) is 11.5 Å². The van der Waals surface area contributed by atoms with Gasteiger partial charge in [-0.25, -0.2) is 4.79 Å². The molecule has 0 aromatic heterocycles. The van der Waals surface area contributed by atoms with Crippen molar-refractivity contribution in [2.75, 3.05) is 6.61 Å². The maximum atomic E-state index is 12.0. The first-order valence-corrected chi connectivity index (χ1v) is 6.78. The highest BCUT2D eigenvalue weighted by Crippen LogP contribution is 2.01. The lowest BCUT2D eigenvalue weighted by Crippen LogP contribution is -2.56. The summed E-state index contributed by atoms with van der Waals surface area (Å²) in [6.45, 7) is -0.715. The fraction of sp³-hybridized carbons (Fsp3) is 0.583. The average Bonchev–Trinajstić information content (AvgIpc) is 2.48. The fourth-order valence-electron chi connectivity index (χ4n) is 1.57. The summed E-state index contributed by atoms with van der Waals surface area (Å²) in [6, 6.07) is -4.40. The van der Waals surface area contributed by atoms with Crippen LogP contribution in [0.2, 0.25) is 0 Å². The van der Waals surface area contributed by atoms with E-state index in [1.165, 1.54) is 0 Å². The first-order valence-electron chi connectivity index (χ1n) is 6.78. The molecule has 0 fully saturated rings. The molecule has 0 saturated heterocycles. The van der Waals surface area contributed by atoms with Crippen molar-refractivity contribution < 1.29 is 39.3 Å². The highest BCUT2D eigenvalue weighted by molar-refractivity contribution is 5.94. The molecule has 24 heavy (non-hydrogen) atoms. The molecule has 0 unspecified atom stereocenters. The van der Waals surface area contributed by atoms with Gasteiger partial charge >= 0.3 is 11.9 Å². The number of nitrogens with one attached hydrogen (secondary N) is 2. The number of carbonyl (C=O) groups excluding carboxylic acids is 3. The number of amides is 3. The van der Waals surface area contributed by atoms with Gasteiger partial charge in [0.2, 0.25) is 17.7 Å². The topological polar surface area (TPSA) is 222 Å². The minimum atomic E-state index is -1.53. The second-order valence-electron chi connectivity index (χ2n) is 4.85. The Labute approximate surface area is 136 Å². The number of carbonyl (C=O) groups is 5. The highest BCUT2D eigenvalue weighted by atomic mass is 16.4. The van der Waals surface area contributed by atoms with Crippen LogP contribution in [0.25, 0.3) is 0 Å². The fourth-order valence-corrected chi connectivity index (χ4v) is 1.57. The molecule has 0 aromatic rings. The van der Waals surface area contributed by atoms with Crippen LogP contribution in [-0.4, -0.2) is 69.7 Å². The Hall–Kier alpha value is -2.73. The Bertz CT molecular complexity index is 509. The molecule has 0 bridgehead atoms. The van der Waals surface area contributed by atoms with Crippen molar-refractivity contribution in [3.63, 3.8) is 0 Å². The molecule has 0 aliphatic heterocycles. The van der Waals surface area contributed by atoms with Crippen LogP contribution in [-0.2, 0) is 24.0 Å². The molecule has 0 aliphatic rings. The van der Waals surface area contributed by atoms with Crippen molar-refractivity contribution >= 4 is 29.7 Å². The Morgan fingerprint density at radius 3 is 1.92 bits per heavy atom. The Morgan fingerprint density at radius 1 is 0.958 bits per heavy atom. The largest absolute Gasteiger partial charge is 0.481 e. The number of aliphatic hydroxyl groups excluding tert-OH is 1. The van der Waals surface area contributed by atoms with Gasteiger partial charge in [0.25, 0.3) is 0 Å². The maximum absolute atomic E-state index is 12.0. The maximum Gasteiger partial charge on any atom is 0.326 e. The number of aliphatic hydroxyl groups is 1. The first kappa shape index (κ1) is 21.3. The van der Waals surface area contributed by atoms with Gasteiger partial charge in [0, 0.05) is 6.42 Å². The third-order valence-corrected chi connectivity index (χ3v) is 2.83. The van der Waals surface area contributed by atoms with Gasteiger partial charge in [-0.05, 0) is 6.42 Å². The summed E-state index contributed by atoms with van der Waals surface area (Å²) < 4.78 is 0. The standard InChI is InChI=1S/C12H20N4O8/c13-5(4-17)10(21)16-7(3-8(14)18)11(22)15-6(12(23)24)1-2-9(19)20/h5-7,17H,1-4,13H2,(H2,14,18)(H,15,22)(H,16,21)(H,19,20)(H,23,24)/t5-,6-,7-/m0/s1. The van der Waals surface area contributed by atoms with Crippen molar-refractivity contribution in [1.29, 1.82) is 0 Å². The van der Waals surface area contributed by atoms with E-state index in [0.717, 1.165) is 0 Å². The van der Waals surface area contributed by atoms with Crippen LogP contribution < -0.4 is 22.1 Å². The van der Waals surface area contributed by atoms with Gasteiger partial charge in [-0.15, -0.1) is 0 Å². The van der Waals surface area contributed by atoms with Crippen molar-refractivity contribution in [3.05, 3.63) is 0 Å². The molecule has 0 rings (SSSR count). The Morgan fingerprint density at radius 2 is 1.50 bits per heavy atom. The minimum Gasteiger partial charge on any atom is -0.481 e. The second kappa shape index (κ2) is 10.1. The zero-order valence-corrected chi connectivity index (χ0v) is 12.6. The van der Waals surface area contributed by atoms with E-state index >= 15 is 0 Å². The molecule has 0 aromatic carbocycles. The summed E-state index contributed by atoms with van der Waals surface area (Å²) in [5.74, 6) is -5.70. The molecule has 12 nitrogen and oxygen atoms in total. The lowest BCUT2D eigenvalue weighted by atomic mass is 10.1. The Balaban J connectivity index is 5.00. The minimum absolute atomic E-state index is 0.399. The molecule has 0 radical (unpaired) electrons. The zero-order valence-electron chi connectivity index (χ0n) is 12.6. The van der Waals surface area contributed by atoms with Gasteiger partial charge in [0.05, 0.1) is 13.0 Å². The van der Waals surface area contributed by atoms with Crippen LogP contribution in [0, 0.1) is 0 Å². The number of hydrogen-bond acceptors (Lipinski definition) is 7. The van der Waals surface area contributed by atoms with Crippen LogP contribution >= 0.6 is 0 Å². The van der Waals surface area contributed by atoms with Crippen LogP contribution in [0.4, 0.5) is 0 Å². The van der Waals surface area contributed by atoms with Gasteiger partial charge in [0.15, 0.2) is 0 Å². The quantitative estimate of drug-likeness (QED) is 0.193. The molecule has 9 N–H and O–H groups in total. The van der Waals surface area contributed by atoms with Gasteiger partial charge in [0.1, 0.15) is 18.1 Å². The molecule has 0 spiro atoms. The lowest BCUT2D eigenvalue weighted by Gasteiger charge is -2.21. The summed E-state index contributed by atoms with van der Waals surface area (Å²) in [6.07, 6.45) is -1.55. The number of rotatable bonds is 11. The van der Waals surface area contributed by atoms with E-state index in [4.69, 9.17) is 26.8 Å². The van der Waals surface area contributed by atoms with Gasteiger partial charge < -0.3 is 37.4 Å². The molecule has 0 saturated carbocycles. The monoisotopic (exact) mass is 348 g/mol. The predicted molar refractivity (Wildman–Crippen MR) is 77.2 cm³/mol. The number of primary amides is 1. The normalized spacial score (nSPS) is 14.1. The van der Waals surface area contributed by atoms with Crippen LogP contribution in [0.15, 0.2) is 0 Å². The predicted octanol–water partition coefficient (Wildman–Crippen LogP) is -3.90. The van der Waals surface area contributed by atoms with Crippen LogP contribution in [0.5, 0.6) is 0 Å². The summed E-state index contributed by atoms with van der Waals surface area (Å²) in [5.41, 5.74) is 10.2. The molecule has 0 heterocycles. The number of hydrogen-bond donors (Lipinski definition) is 7. The summed E-state index contributed by atoms with van der Waals surface area (Å²) in [5, 5.41) is 30.4. The molecule has 3 amide bonds. The van der Waals surface area contributed by atoms with Gasteiger partial charge in [-0.1, -0.05) is 0 Å². The second-order valence-corrected chi connectivity index (χ2v) is 4.85. The van der Waals surface area contributed by atoms with E-state index in [-0.39, 0.29) is 0 Å². The van der Waals surface area contributed by atoms with Gasteiger partial charge in [-0.3, -0.25) is 19.2 Å². The van der Waals surface area contributed by atoms with Gasteiger partial charge in [-0.2, -0.15) is 0 Å². The summed E-state index contributed by atoms with van der Waals surface area (Å²) in [7, 11) is 0. The number of aliphatic carboxylic acids is 2. The zero-order chi connectivity index (χ0) is 18.9. The SMILES string of the molecule is NC(=O)C[C@H](NC(=O)[C@@H](N)CO)C(=O)N[C@@H](CCC(=O)O)C(=O)O. The van der Waals surface area contributed by atoms with E-state index in [0.29, 0.717) is 0 Å². The van der Waals surface area contributed by atoms with Crippen molar-refractivity contribution in [2.45, 2.75) is 37.4 Å². The van der Waals surface area contributed by atoms with Crippen LogP contribution in [0.3, 0.4) is 0 Å². The summed E-state index contributed by atoms with van der Waals surface area (Å²) in [4.78, 5) is 56.1. The van der Waals surface area contributed by atoms with Crippen molar-refractivity contribution in [1.82, 2.24) is 10.6 Å². The third kappa shape index (κ3) is 8.05. The van der Waals surface area contributed by atoms with E-state index < -0.39 is 73.7 Å². The van der Waals surface area contributed by atoms with E-state index in [1.54, 1.807) is 0 Å². The number of carboxylic acids is 2. The smallest absolute Gasteiger partial charge is 0.326 e. The highest BCUT2D eigenvalue weighted by Gasteiger charge is 2.29. The lowest BCUT2D eigenvalue weighted by molar-refractivity contribution is -0.143. The average molecular weight is 348 g/mol. The molecule has 0 aliphatic carbocycles. The molecule has 136 valence electrons.